The Bertz CT molecular complexity index is 648. The van der Waals surface area contributed by atoms with E-state index in [1.807, 2.05) is 0 Å². The number of hydrogen-bond donors (Lipinski definition) is 1. The fourth-order valence-electron chi connectivity index (χ4n) is 3.36. The van der Waals surface area contributed by atoms with Crippen molar-refractivity contribution >= 4 is 17.5 Å². The molecule has 0 bridgehead atoms. The van der Waals surface area contributed by atoms with Crippen molar-refractivity contribution < 1.29 is 14.0 Å². The van der Waals surface area contributed by atoms with E-state index in [0.29, 0.717) is 18.6 Å². The third-order valence-corrected chi connectivity index (χ3v) is 4.68. The highest BCUT2D eigenvalue weighted by molar-refractivity contribution is 6.39. The van der Waals surface area contributed by atoms with Crippen molar-refractivity contribution in [1.29, 1.82) is 0 Å². The molecule has 1 saturated carbocycles. The van der Waals surface area contributed by atoms with E-state index < -0.39 is 5.54 Å². The van der Waals surface area contributed by atoms with Crippen LogP contribution in [0.5, 0.6) is 0 Å². The van der Waals surface area contributed by atoms with Crippen LogP contribution in [0.2, 0.25) is 0 Å². The maximum Gasteiger partial charge on any atom is 0.268 e. The molecule has 3 rings (SSSR count). The van der Waals surface area contributed by atoms with Gasteiger partial charge in [-0.2, -0.15) is 5.10 Å². The van der Waals surface area contributed by atoms with Crippen molar-refractivity contribution in [3.8, 4) is 0 Å². The van der Waals surface area contributed by atoms with Gasteiger partial charge in [-0.1, -0.05) is 25.0 Å². The lowest BCUT2D eigenvalue weighted by molar-refractivity contribution is -0.130. The van der Waals surface area contributed by atoms with Crippen molar-refractivity contribution in [1.82, 2.24) is 10.3 Å². The maximum atomic E-state index is 13.2. The number of halogens is 1. The van der Waals surface area contributed by atoms with Crippen LogP contribution in [0.1, 0.15) is 44.1 Å². The zero-order chi connectivity index (χ0) is 16.4. The van der Waals surface area contributed by atoms with Gasteiger partial charge in [0.15, 0.2) is 0 Å². The molecule has 1 aromatic rings. The van der Waals surface area contributed by atoms with Crippen LogP contribution in [0.15, 0.2) is 29.4 Å². The summed E-state index contributed by atoms with van der Waals surface area (Å²) in [4.78, 5) is 24.1. The first-order chi connectivity index (χ1) is 11.0. The molecule has 0 radical (unpaired) electrons. The summed E-state index contributed by atoms with van der Waals surface area (Å²) in [6, 6.07) is 6.32. The van der Waals surface area contributed by atoms with E-state index in [0.717, 1.165) is 31.2 Å². The topological polar surface area (TPSA) is 61.8 Å². The van der Waals surface area contributed by atoms with Crippen molar-refractivity contribution in [2.75, 3.05) is 7.05 Å². The minimum Gasteiger partial charge on any atom is -0.341 e. The van der Waals surface area contributed by atoms with Crippen molar-refractivity contribution in [3.05, 3.63) is 35.6 Å². The first-order valence-electron chi connectivity index (χ1n) is 7.93. The Kier molecular flexibility index (Phi) is 4.15. The van der Waals surface area contributed by atoms with Crippen LogP contribution in [0.3, 0.4) is 0 Å². The summed E-state index contributed by atoms with van der Waals surface area (Å²) in [6.07, 6.45) is 4.34. The number of amides is 2. The molecule has 6 heteroatoms. The average Bonchev–Trinajstić information content (AvgIpc) is 3.00. The van der Waals surface area contributed by atoms with Gasteiger partial charge in [-0.15, -0.1) is 0 Å². The van der Waals surface area contributed by atoms with E-state index in [2.05, 4.69) is 10.4 Å². The van der Waals surface area contributed by atoms with Gasteiger partial charge in [0, 0.05) is 19.9 Å². The molecule has 0 spiro atoms. The smallest absolute Gasteiger partial charge is 0.268 e. The summed E-state index contributed by atoms with van der Waals surface area (Å²) in [5.41, 5.74) is 0.832. The minimum atomic E-state index is -0.465. The number of carbonyl (C=O) groups is 2. The highest BCUT2D eigenvalue weighted by Crippen LogP contribution is 2.38. The molecule has 2 aliphatic rings. The van der Waals surface area contributed by atoms with Crippen molar-refractivity contribution in [2.45, 2.75) is 44.1 Å². The van der Waals surface area contributed by atoms with E-state index in [4.69, 9.17) is 0 Å². The lowest BCUT2D eigenvalue weighted by atomic mass is 9.87. The SMILES string of the molecule is CN1N=C(C(=O)NC2(c3ccc(F)cc3)CCCC2)CCC1=O. The largest absolute Gasteiger partial charge is 0.341 e. The Hall–Kier alpha value is -2.24. The predicted molar refractivity (Wildman–Crippen MR) is 84.1 cm³/mol. The average molecular weight is 317 g/mol. The standard InChI is InChI=1S/C17H20FN3O2/c1-21-15(22)9-8-14(20-21)16(23)19-17(10-2-3-11-17)12-4-6-13(18)7-5-12/h4-7H,2-3,8-11H2,1H3,(H,19,23). The van der Waals surface area contributed by atoms with Crippen LogP contribution >= 0.6 is 0 Å². The number of nitrogens with zero attached hydrogens (tertiary/aromatic N) is 2. The molecule has 1 fully saturated rings. The highest BCUT2D eigenvalue weighted by atomic mass is 19.1. The molecule has 0 atom stereocenters. The van der Waals surface area contributed by atoms with Crippen LogP contribution < -0.4 is 5.32 Å². The number of benzene rings is 1. The van der Waals surface area contributed by atoms with E-state index in [9.17, 15) is 14.0 Å². The number of hydrazone groups is 1. The molecule has 1 aromatic carbocycles. The van der Waals surface area contributed by atoms with Gasteiger partial charge in [-0.25, -0.2) is 9.40 Å². The Labute approximate surface area is 134 Å². The number of hydrogen-bond acceptors (Lipinski definition) is 3. The van der Waals surface area contributed by atoms with Gasteiger partial charge in [0.2, 0.25) is 5.91 Å². The summed E-state index contributed by atoms with van der Waals surface area (Å²) < 4.78 is 13.2. The van der Waals surface area contributed by atoms with Crippen LogP contribution in [-0.4, -0.2) is 29.6 Å². The molecule has 5 nitrogen and oxygen atoms in total. The normalized spacial score (nSPS) is 20.3. The molecule has 0 unspecified atom stereocenters. The molecule has 0 aromatic heterocycles. The summed E-state index contributed by atoms with van der Waals surface area (Å²) in [7, 11) is 1.56. The Morgan fingerprint density at radius 1 is 1.22 bits per heavy atom. The molecular formula is C17H20FN3O2. The first kappa shape index (κ1) is 15.6. The number of nitrogens with one attached hydrogen (secondary N) is 1. The fraction of sp³-hybridized carbons (Fsp3) is 0.471. The van der Waals surface area contributed by atoms with Crippen LogP contribution in [0, 0.1) is 5.82 Å². The first-order valence-corrected chi connectivity index (χ1v) is 7.93. The van der Waals surface area contributed by atoms with Gasteiger partial charge in [-0.3, -0.25) is 9.59 Å². The predicted octanol–water partition coefficient (Wildman–Crippen LogP) is 2.32. The van der Waals surface area contributed by atoms with E-state index in [-0.39, 0.29) is 17.6 Å². The Balaban J connectivity index is 1.83. The van der Waals surface area contributed by atoms with Crippen molar-refractivity contribution in [2.24, 2.45) is 5.10 Å². The summed E-state index contributed by atoms with van der Waals surface area (Å²) in [5.74, 6) is -0.615. The van der Waals surface area contributed by atoms with Gasteiger partial charge >= 0.3 is 0 Å². The Morgan fingerprint density at radius 3 is 2.48 bits per heavy atom. The lowest BCUT2D eigenvalue weighted by Crippen LogP contribution is -2.48. The van der Waals surface area contributed by atoms with Gasteiger partial charge < -0.3 is 5.32 Å². The van der Waals surface area contributed by atoms with Gasteiger partial charge in [0.25, 0.3) is 5.91 Å². The van der Waals surface area contributed by atoms with Crippen molar-refractivity contribution in [3.63, 3.8) is 0 Å². The minimum absolute atomic E-state index is 0.0873. The van der Waals surface area contributed by atoms with E-state index in [1.165, 1.54) is 17.1 Å². The van der Waals surface area contributed by atoms with E-state index >= 15 is 0 Å². The molecule has 1 N–H and O–H groups in total. The molecule has 2 amide bonds. The molecule has 122 valence electrons. The Morgan fingerprint density at radius 2 is 1.87 bits per heavy atom. The van der Waals surface area contributed by atoms with Gasteiger partial charge in [0.1, 0.15) is 11.5 Å². The van der Waals surface area contributed by atoms with E-state index in [1.54, 1.807) is 19.2 Å². The summed E-state index contributed by atoms with van der Waals surface area (Å²) >= 11 is 0. The second-order valence-electron chi connectivity index (χ2n) is 6.21. The van der Waals surface area contributed by atoms with Crippen LogP contribution in [0.4, 0.5) is 4.39 Å². The zero-order valence-electron chi connectivity index (χ0n) is 13.1. The van der Waals surface area contributed by atoms with Gasteiger partial charge in [-0.05, 0) is 30.5 Å². The molecule has 23 heavy (non-hydrogen) atoms. The second-order valence-corrected chi connectivity index (χ2v) is 6.21. The zero-order valence-corrected chi connectivity index (χ0v) is 13.1. The molecular weight excluding hydrogens is 297 g/mol. The molecule has 1 heterocycles. The van der Waals surface area contributed by atoms with Crippen LogP contribution in [0.25, 0.3) is 0 Å². The summed E-state index contributed by atoms with van der Waals surface area (Å²) in [6.45, 7) is 0. The summed E-state index contributed by atoms with van der Waals surface area (Å²) in [5, 5.41) is 8.40. The van der Waals surface area contributed by atoms with Gasteiger partial charge in [0.05, 0.1) is 5.54 Å². The monoisotopic (exact) mass is 317 g/mol. The molecule has 0 saturated heterocycles. The molecule has 1 aliphatic heterocycles. The second kappa shape index (κ2) is 6.10. The highest BCUT2D eigenvalue weighted by Gasteiger charge is 2.38. The third kappa shape index (κ3) is 3.11. The maximum absolute atomic E-state index is 13.2. The number of carbonyl (C=O) groups excluding carboxylic acids is 2. The lowest BCUT2D eigenvalue weighted by Gasteiger charge is -2.32. The number of rotatable bonds is 3. The fourth-order valence-corrected chi connectivity index (χ4v) is 3.36. The quantitative estimate of drug-likeness (QED) is 0.930. The third-order valence-electron chi connectivity index (χ3n) is 4.68. The van der Waals surface area contributed by atoms with Crippen LogP contribution in [-0.2, 0) is 15.1 Å². The molecule has 1 aliphatic carbocycles.